The topological polar surface area (TPSA) is 15.3 Å². The van der Waals surface area contributed by atoms with Crippen LogP contribution in [0.5, 0.6) is 0 Å². The molecule has 0 amide bonds. The van der Waals surface area contributed by atoms with Crippen LogP contribution in [0, 0.1) is 17.6 Å². The molecular formula is C14H20F2N2. The Labute approximate surface area is 107 Å². The van der Waals surface area contributed by atoms with Crippen molar-refractivity contribution in [1.29, 1.82) is 0 Å². The van der Waals surface area contributed by atoms with Crippen LogP contribution in [0.25, 0.3) is 0 Å². The van der Waals surface area contributed by atoms with E-state index in [0.717, 1.165) is 38.5 Å². The smallest absolute Gasteiger partial charge is 0.127 e. The second kappa shape index (κ2) is 6.25. The first kappa shape index (κ1) is 13.4. The third kappa shape index (κ3) is 3.75. The van der Waals surface area contributed by atoms with E-state index in [-0.39, 0.29) is 11.6 Å². The Morgan fingerprint density at radius 1 is 1.28 bits per heavy atom. The van der Waals surface area contributed by atoms with Gasteiger partial charge in [-0.25, -0.2) is 8.78 Å². The molecule has 2 rings (SSSR count). The molecule has 0 bridgehead atoms. The Bertz CT molecular complexity index is 389. The SMILES string of the molecule is CN(Cc1cc(F)ccc1F)CC1CCNCC1. The summed E-state index contributed by atoms with van der Waals surface area (Å²) < 4.78 is 26.6. The summed E-state index contributed by atoms with van der Waals surface area (Å²) in [5, 5.41) is 3.33. The van der Waals surface area contributed by atoms with Crippen LogP contribution in [0.2, 0.25) is 0 Å². The Kier molecular flexibility index (Phi) is 4.66. The first-order valence-electron chi connectivity index (χ1n) is 6.48. The number of nitrogens with zero attached hydrogens (tertiary/aromatic N) is 1. The van der Waals surface area contributed by atoms with E-state index in [1.54, 1.807) is 0 Å². The van der Waals surface area contributed by atoms with E-state index < -0.39 is 0 Å². The second-order valence-electron chi connectivity index (χ2n) is 5.13. The molecule has 0 aromatic heterocycles. The third-order valence-electron chi connectivity index (χ3n) is 3.48. The highest BCUT2D eigenvalue weighted by Gasteiger charge is 2.16. The first-order chi connectivity index (χ1) is 8.65. The first-order valence-corrected chi connectivity index (χ1v) is 6.48. The van der Waals surface area contributed by atoms with E-state index >= 15 is 0 Å². The fourth-order valence-electron chi connectivity index (χ4n) is 2.52. The van der Waals surface area contributed by atoms with Gasteiger partial charge in [-0.15, -0.1) is 0 Å². The average molecular weight is 254 g/mol. The molecule has 2 nitrogen and oxygen atoms in total. The minimum absolute atomic E-state index is 0.325. The number of hydrogen-bond donors (Lipinski definition) is 1. The van der Waals surface area contributed by atoms with Crippen molar-refractivity contribution in [3.8, 4) is 0 Å². The summed E-state index contributed by atoms with van der Waals surface area (Å²) in [4.78, 5) is 2.08. The van der Waals surface area contributed by atoms with Gasteiger partial charge < -0.3 is 10.2 Å². The molecule has 0 spiro atoms. The lowest BCUT2D eigenvalue weighted by Gasteiger charge is -2.27. The molecule has 18 heavy (non-hydrogen) atoms. The normalized spacial score (nSPS) is 17.3. The van der Waals surface area contributed by atoms with Crippen LogP contribution in [0.3, 0.4) is 0 Å². The Balaban J connectivity index is 1.89. The summed E-state index contributed by atoms with van der Waals surface area (Å²) >= 11 is 0. The average Bonchev–Trinajstić information content (AvgIpc) is 2.35. The van der Waals surface area contributed by atoms with Crippen molar-refractivity contribution in [2.24, 2.45) is 5.92 Å². The Morgan fingerprint density at radius 3 is 2.72 bits per heavy atom. The fraction of sp³-hybridized carbons (Fsp3) is 0.571. The molecule has 100 valence electrons. The molecular weight excluding hydrogens is 234 g/mol. The van der Waals surface area contributed by atoms with Gasteiger partial charge in [0.1, 0.15) is 11.6 Å². The van der Waals surface area contributed by atoms with Gasteiger partial charge in [-0.3, -0.25) is 0 Å². The maximum atomic E-state index is 13.5. The molecule has 1 saturated heterocycles. The minimum atomic E-state index is -0.373. The van der Waals surface area contributed by atoms with E-state index in [4.69, 9.17) is 0 Å². The molecule has 0 atom stereocenters. The van der Waals surface area contributed by atoms with Gasteiger partial charge in [-0.1, -0.05) is 0 Å². The van der Waals surface area contributed by atoms with Gasteiger partial charge in [-0.2, -0.15) is 0 Å². The summed E-state index contributed by atoms with van der Waals surface area (Å²) in [7, 11) is 1.96. The lowest BCUT2D eigenvalue weighted by atomic mass is 9.97. The summed E-state index contributed by atoms with van der Waals surface area (Å²) in [6.45, 7) is 3.53. The lowest BCUT2D eigenvalue weighted by molar-refractivity contribution is 0.232. The zero-order valence-corrected chi connectivity index (χ0v) is 10.8. The van der Waals surface area contributed by atoms with Gasteiger partial charge in [0.15, 0.2) is 0 Å². The summed E-state index contributed by atoms with van der Waals surface area (Å²) in [6.07, 6.45) is 2.33. The molecule has 1 N–H and O–H groups in total. The number of piperidine rings is 1. The van der Waals surface area contributed by atoms with E-state index in [2.05, 4.69) is 10.2 Å². The highest BCUT2D eigenvalue weighted by atomic mass is 19.1. The number of rotatable bonds is 4. The van der Waals surface area contributed by atoms with Crippen molar-refractivity contribution in [3.63, 3.8) is 0 Å². The number of hydrogen-bond acceptors (Lipinski definition) is 2. The summed E-state index contributed by atoms with van der Waals surface area (Å²) in [6, 6.07) is 3.64. The van der Waals surface area contributed by atoms with Crippen LogP contribution in [-0.2, 0) is 6.54 Å². The van der Waals surface area contributed by atoms with E-state index in [1.165, 1.54) is 12.1 Å². The van der Waals surface area contributed by atoms with Crippen LogP contribution < -0.4 is 5.32 Å². The van der Waals surface area contributed by atoms with Crippen molar-refractivity contribution in [2.75, 3.05) is 26.7 Å². The Morgan fingerprint density at radius 2 is 2.00 bits per heavy atom. The summed E-state index contributed by atoms with van der Waals surface area (Å²) in [5.41, 5.74) is 0.437. The third-order valence-corrected chi connectivity index (χ3v) is 3.48. The van der Waals surface area contributed by atoms with E-state index in [0.29, 0.717) is 18.0 Å². The van der Waals surface area contributed by atoms with E-state index in [9.17, 15) is 8.78 Å². The molecule has 4 heteroatoms. The molecule has 1 fully saturated rings. The monoisotopic (exact) mass is 254 g/mol. The van der Waals surface area contributed by atoms with Crippen molar-refractivity contribution in [3.05, 3.63) is 35.4 Å². The predicted octanol–water partition coefficient (Wildman–Crippen LogP) is 2.40. The molecule has 0 saturated carbocycles. The van der Waals surface area contributed by atoms with Gasteiger partial charge in [0.25, 0.3) is 0 Å². The van der Waals surface area contributed by atoms with Gasteiger partial charge in [-0.05, 0) is 57.1 Å². The predicted molar refractivity (Wildman–Crippen MR) is 68.3 cm³/mol. The number of benzene rings is 1. The van der Waals surface area contributed by atoms with Crippen molar-refractivity contribution in [2.45, 2.75) is 19.4 Å². The zero-order valence-electron chi connectivity index (χ0n) is 10.8. The molecule has 0 unspecified atom stereocenters. The highest BCUT2D eigenvalue weighted by molar-refractivity contribution is 5.18. The fourth-order valence-corrected chi connectivity index (χ4v) is 2.52. The van der Waals surface area contributed by atoms with Gasteiger partial charge >= 0.3 is 0 Å². The number of nitrogens with one attached hydrogen (secondary N) is 1. The molecule has 1 heterocycles. The quantitative estimate of drug-likeness (QED) is 0.887. The van der Waals surface area contributed by atoms with Crippen LogP contribution >= 0.6 is 0 Å². The molecule has 1 aliphatic heterocycles. The standard InChI is InChI=1S/C14H20F2N2/c1-18(9-11-4-6-17-7-5-11)10-12-8-13(15)2-3-14(12)16/h2-3,8,11,17H,4-7,9-10H2,1H3. The zero-order chi connectivity index (χ0) is 13.0. The van der Waals surface area contributed by atoms with Gasteiger partial charge in [0.05, 0.1) is 0 Å². The lowest BCUT2D eigenvalue weighted by Crippen LogP contribution is -2.34. The van der Waals surface area contributed by atoms with Crippen LogP contribution in [0.15, 0.2) is 18.2 Å². The van der Waals surface area contributed by atoms with Crippen molar-refractivity contribution >= 4 is 0 Å². The molecule has 1 aromatic carbocycles. The van der Waals surface area contributed by atoms with Crippen LogP contribution in [0.1, 0.15) is 18.4 Å². The molecule has 0 radical (unpaired) electrons. The maximum Gasteiger partial charge on any atom is 0.127 e. The van der Waals surface area contributed by atoms with E-state index in [1.807, 2.05) is 7.05 Å². The van der Waals surface area contributed by atoms with Crippen molar-refractivity contribution in [1.82, 2.24) is 10.2 Å². The van der Waals surface area contributed by atoms with Crippen LogP contribution in [0.4, 0.5) is 8.78 Å². The summed E-state index contributed by atoms with van der Waals surface area (Å²) in [5.74, 6) is -0.0388. The molecule has 0 aliphatic carbocycles. The maximum absolute atomic E-state index is 13.5. The number of halogens is 2. The van der Waals surface area contributed by atoms with Gasteiger partial charge in [0.2, 0.25) is 0 Å². The second-order valence-corrected chi connectivity index (χ2v) is 5.13. The Hall–Kier alpha value is -1.00. The van der Waals surface area contributed by atoms with Crippen LogP contribution in [-0.4, -0.2) is 31.6 Å². The molecule has 1 aliphatic rings. The highest BCUT2D eigenvalue weighted by Crippen LogP contribution is 2.16. The van der Waals surface area contributed by atoms with Crippen molar-refractivity contribution < 1.29 is 8.78 Å². The minimum Gasteiger partial charge on any atom is -0.317 e. The van der Waals surface area contributed by atoms with Gasteiger partial charge in [0, 0.05) is 18.7 Å². The molecule has 1 aromatic rings. The largest absolute Gasteiger partial charge is 0.317 e.